The van der Waals surface area contributed by atoms with E-state index < -0.39 is 6.10 Å². The molecule has 2 N–H and O–H groups in total. The third-order valence-corrected chi connectivity index (χ3v) is 4.83. The van der Waals surface area contributed by atoms with Crippen molar-refractivity contribution in [3.63, 3.8) is 0 Å². The van der Waals surface area contributed by atoms with Crippen LogP contribution in [0.15, 0.2) is 59.8 Å². The first-order valence-electron chi connectivity index (χ1n) is 8.81. The Morgan fingerprint density at radius 2 is 1.89 bits per heavy atom. The van der Waals surface area contributed by atoms with Gasteiger partial charge in [0.05, 0.1) is 19.0 Å². The molecule has 3 rings (SSSR count). The van der Waals surface area contributed by atoms with Crippen molar-refractivity contribution in [2.45, 2.75) is 24.6 Å². The van der Waals surface area contributed by atoms with E-state index in [1.165, 1.54) is 11.8 Å². The van der Waals surface area contributed by atoms with Crippen LogP contribution in [0.25, 0.3) is 5.69 Å². The molecular formula is C20H22N4O3S. The van der Waals surface area contributed by atoms with Crippen molar-refractivity contribution >= 4 is 23.4 Å². The van der Waals surface area contributed by atoms with Crippen molar-refractivity contribution in [3.8, 4) is 11.4 Å². The number of hydrogen-bond acceptors (Lipinski definition) is 6. The van der Waals surface area contributed by atoms with Crippen LogP contribution in [0, 0.1) is 0 Å². The number of rotatable bonds is 8. The van der Waals surface area contributed by atoms with E-state index in [0.717, 1.165) is 11.4 Å². The number of anilines is 1. The Kier molecular flexibility index (Phi) is 6.67. The number of hydrogen-bond donors (Lipinski definition) is 2. The van der Waals surface area contributed by atoms with Gasteiger partial charge in [0, 0.05) is 17.8 Å². The number of thioether (sulfide) groups is 1. The normalized spacial score (nSPS) is 11.8. The SMILES string of the molecule is COc1ccc(NC(=O)CSc2nnc(C[C@@H](C)O)n2-c2ccccc2)cc1. The lowest BCUT2D eigenvalue weighted by Crippen LogP contribution is -2.15. The van der Waals surface area contributed by atoms with Crippen molar-refractivity contribution in [2.75, 3.05) is 18.2 Å². The lowest BCUT2D eigenvalue weighted by molar-refractivity contribution is -0.113. The number of nitrogens with zero attached hydrogens (tertiary/aromatic N) is 3. The van der Waals surface area contributed by atoms with Gasteiger partial charge in [-0.2, -0.15) is 0 Å². The maximum absolute atomic E-state index is 12.3. The fourth-order valence-electron chi connectivity index (χ4n) is 2.63. The quantitative estimate of drug-likeness (QED) is 0.567. The Bertz CT molecular complexity index is 911. The van der Waals surface area contributed by atoms with Crippen molar-refractivity contribution in [3.05, 3.63) is 60.4 Å². The molecule has 1 aromatic heterocycles. The summed E-state index contributed by atoms with van der Waals surface area (Å²) in [5.74, 6) is 1.43. The number of amides is 1. The average Bonchev–Trinajstić information content (AvgIpc) is 3.09. The zero-order valence-electron chi connectivity index (χ0n) is 15.7. The molecule has 0 spiro atoms. The summed E-state index contributed by atoms with van der Waals surface area (Å²) in [5.41, 5.74) is 1.59. The van der Waals surface area contributed by atoms with Gasteiger partial charge in [-0.3, -0.25) is 9.36 Å². The number of aromatic nitrogens is 3. The molecule has 0 fully saturated rings. The predicted molar refractivity (Wildman–Crippen MR) is 109 cm³/mol. The van der Waals surface area contributed by atoms with Crippen LogP contribution in [-0.4, -0.2) is 44.7 Å². The third kappa shape index (κ3) is 5.11. The summed E-state index contributed by atoms with van der Waals surface area (Å²) in [7, 11) is 1.60. The number of nitrogens with one attached hydrogen (secondary N) is 1. The molecule has 1 atom stereocenters. The molecule has 8 heteroatoms. The van der Waals surface area contributed by atoms with Crippen molar-refractivity contribution in [2.24, 2.45) is 0 Å². The van der Waals surface area contributed by atoms with Gasteiger partial charge in [-0.25, -0.2) is 0 Å². The fraction of sp³-hybridized carbons (Fsp3) is 0.250. The first-order valence-corrected chi connectivity index (χ1v) is 9.80. The Morgan fingerprint density at radius 3 is 2.54 bits per heavy atom. The highest BCUT2D eigenvalue weighted by Gasteiger charge is 2.17. The van der Waals surface area contributed by atoms with Crippen molar-refractivity contribution in [1.82, 2.24) is 14.8 Å². The number of aliphatic hydroxyl groups excluding tert-OH is 1. The van der Waals surface area contributed by atoms with Gasteiger partial charge < -0.3 is 15.2 Å². The molecule has 1 heterocycles. The number of carbonyl (C=O) groups excluding carboxylic acids is 1. The Morgan fingerprint density at radius 1 is 1.18 bits per heavy atom. The molecule has 1 amide bonds. The van der Waals surface area contributed by atoms with Crippen LogP contribution < -0.4 is 10.1 Å². The number of carbonyl (C=O) groups is 1. The summed E-state index contributed by atoms with van der Waals surface area (Å²) >= 11 is 1.30. The molecule has 2 aromatic carbocycles. The Hall–Kier alpha value is -2.84. The number of methoxy groups -OCH3 is 1. The second-order valence-corrected chi connectivity index (χ2v) is 7.13. The van der Waals surface area contributed by atoms with E-state index in [1.807, 2.05) is 34.9 Å². The summed E-state index contributed by atoms with van der Waals surface area (Å²) in [6.45, 7) is 1.71. The van der Waals surface area contributed by atoms with Gasteiger partial charge in [0.15, 0.2) is 5.16 Å². The zero-order chi connectivity index (χ0) is 19.9. The minimum absolute atomic E-state index is 0.144. The molecule has 3 aromatic rings. The highest BCUT2D eigenvalue weighted by atomic mass is 32.2. The zero-order valence-corrected chi connectivity index (χ0v) is 16.5. The molecular weight excluding hydrogens is 376 g/mol. The summed E-state index contributed by atoms with van der Waals surface area (Å²) in [4.78, 5) is 12.3. The summed E-state index contributed by atoms with van der Waals surface area (Å²) < 4.78 is 6.98. The van der Waals surface area contributed by atoms with E-state index in [2.05, 4.69) is 15.5 Å². The van der Waals surface area contributed by atoms with Gasteiger partial charge >= 0.3 is 0 Å². The highest BCUT2D eigenvalue weighted by molar-refractivity contribution is 7.99. The molecule has 0 aliphatic rings. The number of benzene rings is 2. The molecule has 0 unspecified atom stereocenters. The second-order valence-electron chi connectivity index (χ2n) is 6.19. The molecule has 146 valence electrons. The lowest BCUT2D eigenvalue weighted by Gasteiger charge is -2.11. The maximum atomic E-state index is 12.3. The van der Waals surface area contributed by atoms with E-state index in [9.17, 15) is 9.90 Å². The molecule has 0 saturated carbocycles. The van der Waals surface area contributed by atoms with E-state index in [-0.39, 0.29) is 11.7 Å². The van der Waals surface area contributed by atoms with Crippen LogP contribution >= 0.6 is 11.8 Å². The highest BCUT2D eigenvalue weighted by Crippen LogP contribution is 2.23. The molecule has 0 aliphatic heterocycles. The van der Waals surface area contributed by atoms with E-state index >= 15 is 0 Å². The third-order valence-electron chi connectivity index (χ3n) is 3.90. The lowest BCUT2D eigenvalue weighted by atomic mass is 10.2. The summed E-state index contributed by atoms with van der Waals surface area (Å²) in [6.07, 6.45) is -0.164. The molecule has 0 saturated heterocycles. The predicted octanol–water partition coefficient (Wildman–Crippen LogP) is 2.93. The Balaban J connectivity index is 1.71. The van der Waals surface area contributed by atoms with Crippen LogP contribution in [0.4, 0.5) is 5.69 Å². The largest absolute Gasteiger partial charge is 0.497 e. The van der Waals surface area contributed by atoms with Gasteiger partial charge in [-0.05, 0) is 43.3 Å². The maximum Gasteiger partial charge on any atom is 0.234 e. The topological polar surface area (TPSA) is 89.3 Å². The molecule has 28 heavy (non-hydrogen) atoms. The van der Waals surface area contributed by atoms with Gasteiger partial charge in [0.1, 0.15) is 11.6 Å². The van der Waals surface area contributed by atoms with Gasteiger partial charge in [-0.1, -0.05) is 30.0 Å². The number of ether oxygens (including phenoxy) is 1. The van der Waals surface area contributed by atoms with Crippen molar-refractivity contribution in [1.29, 1.82) is 0 Å². The van der Waals surface area contributed by atoms with Crippen molar-refractivity contribution < 1.29 is 14.6 Å². The van der Waals surface area contributed by atoms with Gasteiger partial charge in [0.2, 0.25) is 5.91 Å². The number of aliphatic hydroxyl groups is 1. The van der Waals surface area contributed by atoms with Gasteiger partial charge in [-0.15, -0.1) is 10.2 Å². The van der Waals surface area contributed by atoms with Crippen LogP contribution in [0.1, 0.15) is 12.7 Å². The van der Waals surface area contributed by atoms with E-state index in [1.54, 1.807) is 38.3 Å². The average molecular weight is 398 g/mol. The van der Waals surface area contributed by atoms with E-state index in [0.29, 0.717) is 23.1 Å². The minimum atomic E-state index is -0.539. The van der Waals surface area contributed by atoms with E-state index in [4.69, 9.17) is 4.74 Å². The monoisotopic (exact) mass is 398 g/mol. The smallest absolute Gasteiger partial charge is 0.234 e. The Labute approximate surface area is 167 Å². The van der Waals surface area contributed by atoms with Crippen LogP contribution in [0.5, 0.6) is 5.75 Å². The molecule has 0 bridgehead atoms. The van der Waals surface area contributed by atoms with Gasteiger partial charge in [0.25, 0.3) is 0 Å². The standard InChI is InChI=1S/C20H22N4O3S/c1-14(25)12-18-22-23-20(24(18)16-6-4-3-5-7-16)28-13-19(26)21-15-8-10-17(27-2)11-9-15/h3-11,14,25H,12-13H2,1-2H3,(H,21,26)/t14-/m1/s1. The first-order chi connectivity index (χ1) is 13.6. The molecule has 0 radical (unpaired) electrons. The fourth-order valence-corrected chi connectivity index (χ4v) is 3.40. The molecule has 0 aliphatic carbocycles. The van der Waals surface area contributed by atoms with Crippen LogP contribution in [0.2, 0.25) is 0 Å². The number of para-hydroxylation sites is 1. The summed E-state index contributed by atoms with van der Waals surface area (Å²) in [5, 5.41) is 21.6. The first kappa shape index (κ1) is 19.9. The summed E-state index contributed by atoms with van der Waals surface area (Å²) in [6, 6.07) is 16.8. The van der Waals surface area contributed by atoms with Crippen LogP contribution in [-0.2, 0) is 11.2 Å². The second kappa shape index (κ2) is 9.38. The molecule has 7 nitrogen and oxygen atoms in total. The minimum Gasteiger partial charge on any atom is -0.497 e. The van der Waals surface area contributed by atoms with Crippen LogP contribution in [0.3, 0.4) is 0 Å².